The molecule has 7 nitrogen and oxygen atoms in total. The third-order valence-electron chi connectivity index (χ3n) is 4.44. The van der Waals surface area contributed by atoms with Crippen LogP contribution in [0.3, 0.4) is 0 Å². The Hall–Kier alpha value is -2.55. The van der Waals surface area contributed by atoms with Crippen LogP contribution < -0.4 is 9.62 Å². The number of carbonyl (C=O) groups excluding carboxylic acids is 1. The van der Waals surface area contributed by atoms with Crippen LogP contribution in [0.5, 0.6) is 0 Å². The number of amides is 1. The van der Waals surface area contributed by atoms with Crippen molar-refractivity contribution in [3.05, 3.63) is 76.3 Å². The lowest BCUT2D eigenvalue weighted by atomic mass is 10.1. The van der Waals surface area contributed by atoms with Crippen molar-refractivity contribution in [3.63, 3.8) is 0 Å². The first kappa shape index (κ1) is 22.1. The number of para-hydroxylation sites is 1. The Bertz CT molecular complexity index is 1180. The number of hydrogen-bond donors (Lipinski definition) is 1. The van der Waals surface area contributed by atoms with E-state index in [1.807, 2.05) is 42.0 Å². The number of benzene rings is 2. The molecule has 3 aromatic rings. The molecule has 0 aliphatic heterocycles. The summed E-state index contributed by atoms with van der Waals surface area (Å²) in [6.07, 6.45) is 4.54. The average molecular weight is 467 g/mol. The van der Waals surface area contributed by atoms with Gasteiger partial charge in [-0.1, -0.05) is 47.5 Å². The van der Waals surface area contributed by atoms with Gasteiger partial charge < -0.3 is 9.88 Å². The highest BCUT2D eigenvalue weighted by Gasteiger charge is 2.24. The lowest BCUT2D eigenvalue weighted by Gasteiger charge is -2.23. The number of aryl methyl sites for hydroxylation is 1. The topological polar surface area (TPSA) is 84.3 Å². The molecule has 3 rings (SSSR count). The molecule has 0 atom stereocenters. The van der Waals surface area contributed by atoms with Crippen LogP contribution in [0.4, 0.5) is 5.69 Å². The average Bonchev–Trinajstić information content (AvgIpc) is 3.12. The molecule has 0 aliphatic carbocycles. The zero-order valence-corrected chi connectivity index (χ0v) is 18.7. The minimum atomic E-state index is -3.77. The molecule has 1 amide bonds. The van der Waals surface area contributed by atoms with Gasteiger partial charge in [0.1, 0.15) is 12.4 Å². The van der Waals surface area contributed by atoms with E-state index in [0.717, 1.165) is 27.6 Å². The Morgan fingerprint density at radius 3 is 2.57 bits per heavy atom. The van der Waals surface area contributed by atoms with E-state index in [0.29, 0.717) is 0 Å². The number of halogens is 2. The number of nitrogens with zero attached hydrogens (tertiary/aromatic N) is 3. The molecule has 158 valence electrons. The van der Waals surface area contributed by atoms with Gasteiger partial charge in [-0.25, -0.2) is 13.4 Å². The van der Waals surface area contributed by atoms with Gasteiger partial charge in [0.2, 0.25) is 15.9 Å². The van der Waals surface area contributed by atoms with Crippen molar-refractivity contribution in [2.75, 3.05) is 17.1 Å². The highest BCUT2D eigenvalue weighted by Crippen LogP contribution is 2.33. The normalized spacial score (nSPS) is 11.3. The Labute approximate surface area is 185 Å². The van der Waals surface area contributed by atoms with E-state index in [1.165, 1.54) is 6.07 Å². The molecule has 0 fully saturated rings. The minimum absolute atomic E-state index is 0.0679. The second-order valence-corrected chi connectivity index (χ2v) is 9.28. The molecule has 1 heterocycles. The smallest absolute Gasteiger partial charge is 0.241 e. The molecular weight excluding hydrogens is 447 g/mol. The SMILES string of the molecule is Cc1nccn1-c1ccccc1CNC(=O)CN(c1cccc(Cl)c1Cl)S(C)(=O)=O. The van der Waals surface area contributed by atoms with Crippen LogP contribution in [0.25, 0.3) is 5.69 Å². The molecule has 10 heteroatoms. The van der Waals surface area contributed by atoms with Crippen LogP contribution in [-0.4, -0.2) is 36.7 Å². The Balaban J connectivity index is 1.78. The zero-order chi connectivity index (χ0) is 21.9. The first-order valence-corrected chi connectivity index (χ1v) is 11.6. The Morgan fingerprint density at radius 1 is 1.17 bits per heavy atom. The van der Waals surface area contributed by atoms with E-state index in [2.05, 4.69) is 10.3 Å². The molecule has 1 N–H and O–H groups in total. The summed E-state index contributed by atoms with van der Waals surface area (Å²) in [5.41, 5.74) is 1.89. The van der Waals surface area contributed by atoms with E-state index < -0.39 is 22.5 Å². The summed E-state index contributed by atoms with van der Waals surface area (Å²) in [4.78, 5) is 16.8. The van der Waals surface area contributed by atoms with Crippen molar-refractivity contribution in [1.82, 2.24) is 14.9 Å². The number of hydrogen-bond acceptors (Lipinski definition) is 4. The number of rotatable bonds is 7. The van der Waals surface area contributed by atoms with Gasteiger partial charge in [-0.15, -0.1) is 0 Å². The quantitative estimate of drug-likeness (QED) is 0.576. The fourth-order valence-electron chi connectivity index (χ4n) is 2.97. The second kappa shape index (κ2) is 9.07. The maximum atomic E-state index is 12.6. The lowest BCUT2D eigenvalue weighted by molar-refractivity contribution is -0.119. The predicted molar refractivity (Wildman–Crippen MR) is 119 cm³/mol. The second-order valence-electron chi connectivity index (χ2n) is 6.59. The molecule has 0 aliphatic rings. The van der Waals surface area contributed by atoms with Gasteiger partial charge in [0, 0.05) is 18.9 Å². The summed E-state index contributed by atoms with van der Waals surface area (Å²) in [6.45, 7) is 1.67. The van der Waals surface area contributed by atoms with Crippen LogP contribution in [0, 0.1) is 6.92 Å². The van der Waals surface area contributed by atoms with Crippen LogP contribution in [0.1, 0.15) is 11.4 Å². The van der Waals surface area contributed by atoms with Crippen molar-refractivity contribution in [1.29, 1.82) is 0 Å². The fourth-order valence-corrected chi connectivity index (χ4v) is 4.28. The first-order chi connectivity index (χ1) is 14.2. The van der Waals surface area contributed by atoms with Crippen LogP contribution in [0.15, 0.2) is 54.9 Å². The number of sulfonamides is 1. The molecule has 0 unspecified atom stereocenters. The molecule has 30 heavy (non-hydrogen) atoms. The summed E-state index contributed by atoms with van der Waals surface area (Å²) in [5.74, 6) is 0.334. The monoisotopic (exact) mass is 466 g/mol. The van der Waals surface area contributed by atoms with Crippen molar-refractivity contribution in [2.45, 2.75) is 13.5 Å². The highest BCUT2D eigenvalue weighted by molar-refractivity contribution is 7.92. The predicted octanol–water partition coefficient (Wildman–Crippen LogP) is 3.57. The highest BCUT2D eigenvalue weighted by atomic mass is 35.5. The fraction of sp³-hybridized carbons (Fsp3) is 0.200. The molecule has 0 radical (unpaired) electrons. The molecule has 0 saturated heterocycles. The van der Waals surface area contributed by atoms with Crippen molar-refractivity contribution < 1.29 is 13.2 Å². The summed E-state index contributed by atoms with van der Waals surface area (Å²) in [6, 6.07) is 12.2. The van der Waals surface area contributed by atoms with Crippen molar-refractivity contribution >= 4 is 44.8 Å². The number of anilines is 1. The first-order valence-electron chi connectivity index (χ1n) is 8.95. The van der Waals surface area contributed by atoms with Gasteiger partial charge in [0.15, 0.2) is 0 Å². The van der Waals surface area contributed by atoms with E-state index in [9.17, 15) is 13.2 Å². The lowest BCUT2D eigenvalue weighted by Crippen LogP contribution is -2.40. The summed E-state index contributed by atoms with van der Waals surface area (Å²) in [5, 5.41) is 3.04. The molecule has 0 spiro atoms. The number of carbonyl (C=O) groups is 1. The Morgan fingerprint density at radius 2 is 1.90 bits per heavy atom. The molecule has 0 bridgehead atoms. The van der Waals surface area contributed by atoms with Crippen molar-refractivity contribution in [2.24, 2.45) is 0 Å². The third-order valence-corrected chi connectivity index (χ3v) is 6.38. The van der Waals surface area contributed by atoms with E-state index in [1.54, 1.807) is 18.3 Å². The van der Waals surface area contributed by atoms with Crippen LogP contribution >= 0.6 is 23.2 Å². The zero-order valence-electron chi connectivity index (χ0n) is 16.3. The van der Waals surface area contributed by atoms with Gasteiger partial charge in [0.25, 0.3) is 0 Å². The molecule has 2 aromatic carbocycles. The van der Waals surface area contributed by atoms with Gasteiger partial charge >= 0.3 is 0 Å². The van der Waals surface area contributed by atoms with Gasteiger partial charge in [-0.05, 0) is 30.7 Å². The van der Waals surface area contributed by atoms with E-state index in [-0.39, 0.29) is 22.3 Å². The number of imidazole rings is 1. The van der Waals surface area contributed by atoms with E-state index in [4.69, 9.17) is 23.2 Å². The van der Waals surface area contributed by atoms with Crippen LogP contribution in [-0.2, 0) is 21.4 Å². The summed E-state index contributed by atoms with van der Waals surface area (Å²) < 4.78 is 27.4. The van der Waals surface area contributed by atoms with Crippen LogP contribution in [0.2, 0.25) is 10.0 Å². The summed E-state index contributed by atoms with van der Waals surface area (Å²) >= 11 is 12.2. The largest absolute Gasteiger partial charge is 0.350 e. The number of aromatic nitrogens is 2. The van der Waals surface area contributed by atoms with Gasteiger partial charge in [-0.2, -0.15) is 0 Å². The maximum absolute atomic E-state index is 12.6. The maximum Gasteiger partial charge on any atom is 0.241 e. The molecule has 1 aromatic heterocycles. The van der Waals surface area contributed by atoms with E-state index >= 15 is 0 Å². The molecular formula is C20H20Cl2N4O3S. The van der Waals surface area contributed by atoms with Gasteiger partial charge in [-0.3, -0.25) is 9.10 Å². The summed E-state index contributed by atoms with van der Waals surface area (Å²) in [7, 11) is -3.77. The minimum Gasteiger partial charge on any atom is -0.350 e. The van der Waals surface area contributed by atoms with Crippen molar-refractivity contribution in [3.8, 4) is 5.69 Å². The number of nitrogens with one attached hydrogen (secondary N) is 1. The Kier molecular flexibility index (Phi) is 6.70. The molecule has 0 saturated carbocycles. The van der Waals surface area contributed by atoms with Gasteiger partial charge in [0.05, 0.1) is 27.7 Å². The third kappa shape index (κ3) is 4.95. The standard InChI is InChI=1S/C20H20Cl2N4O3S/c1-14-23-10-11-25(14)17-8-4-3-6-15(17)12-24-19(27)13-26(30(2,28)29)18-9-5-7-16(21)20(18)22/h3-11H,12-13H2,1-2H3,(H,24,27).